The number of amides is 1. The lowest BCUT2D eigenvalue weighted by Gasteiger charge is -2.35. The lowest BCUT2D eigenvalue weighted by atomic mass is 10.1. The lowest BCUT2D eigenvalue weighted by Crippen LogP contribution is -2.48. The Morgan fingerprint density at radius 3 is 2.36 bits per heavy atom. The largest absolute Gasteiger partial charge is 0.497 e. The third kappa shape index (κ3) is 4.70. The van der Waals surface area contributed by atoms with Gasteiger partial charge in [0.2, 0.25) is 0 Å². The van der Waals surface area contributed by atoms with Gasteiger partial charge in [0.05, 0.1) is 24.2 Å². The van der Waals surface area contributed by atoms with Crippen LogP contribution in [0.15, 0.2) is 71.6 Å². The second-order valence-electron chi connectivity index (χ2n) is 9.02. The van der Waals surface area contributed by atoms with Crippen LogP contribution in [-0.2, 0) is 14.8 Å². The number of hydrogen-bond acceptors (Lipinski definition) is 6. The van der Waals surface area contributed by atoms with Crippen molar-refractivity contribution in [2.24, 2.45) is 0 Å². The van der Waals surface area contributed by atoms with E-state index >= 15 is 0 Å². The molecule has 9 heteroatoms. The van der Waals surface area contributed by atoms with Gasteiger partial charge in [-0.25, -0.2) is 8.42 Å². The summed E-state index contributed by atoms with van der Waals surface area (Å²) in [6.45, 7) is 3.81. The zero-order valence-corrected chi connectivity index (χ0v) is 21.1. The Bertz CT molecular complexity index is 1350. The number of anilines is 3. The van der Waals surface area contributed by atoms with Gasteiger partial charge in [-0.2, -0.15) is 0 Å². The third-order valence-corrected chi connectivity index (χ3v) is 8.32. The number of carbonyl (C=O) groups is 1. The number of carbonyl (C=O) groups excluding carboxylic acids is 1. The first-order chi connectivity index (χ1) is 17.3. The van der Waals surface area contributed by atoms with Crippen LogP contribution in [0.3, 0.4) is 0 Å². The molecule has 1 atom stereocenters. The fourth-order valence-corrected chi connectivity index (χ4v) is 6.02. The molecular weight excluding hydrogens is 478 g/mol. The van der Waals surface area contributed by atoms with Crippen LogP contribution in [0, 0.1) is 6.92 Å². The zero-order chi connectivity index (χ0) is 25.3. The predicted octanol–water partition coefficient (Wildman–Crippen LogP) is 4.20. The molecule has 1 unspecified atom stereocenters. The second-order valence-corrected chi connectivity index (χ2v) is 10.9. The number of hydrogen-bond donors (Lipinski definition) is 1. The predicted molar refractivity (Wildman–Crippen MR) is 140 cm³/mol. The van der Waals surface area contributed by atoms with Crippen LogP contribution in [0.1, 0.15) is 18.4 Å². The summed E-state index contributed by atoms with van der Waals surface area (Å²) >= 11 is 0. The van der Waals surface area contributed by atoms with Crippen molar-refractivity contribution in [2.75, 3.05) is 41.3 Å². The van der Waals surface area contributed by atoms with Crippen molar-refractivity contribution in [3.05, 3.63) is 72.3 Å². The van der Waals surface area contributed by atoms with Gasteiger partial charge in [0.25, 0.3) is 15.9 Å². The van der Waals surface area contributed by atoms with E-state index < -0.39 is 22.0 Å². The molecule has 8 nitrogen and oxygen atoms in total. The number of aryl methyl sites for hydroxylation is 1. The Balaban J connectivity index is 1.39. The van der Waals surface area contributed by atoms with E-state index in [1.165, 1.54) is 36.4 Å². The molecule has 1 fully saturated rings. The van der Waals surface area contributed by atoms with E-state index in [-0.39, 0.29) is 11.4 Å². The van der Waals surface area contributed by atoms with Gasteiger partial charge in [0.15, 0.2) is 6.10 Å². The highest BCUT2D eigenvalue weighted by molar-refractivity contribution is 7.92. The first-order valence-electron chi connectivity index (χ1n) is 11.9. The molecule has 1 amide bonds. The molecule has 36 heavy (non-hydrogen) atoms. The summed E-state index contributed by atoms with van der Waals surface area (Å²) in [5.74, 6) is 0.485. The van der Waals surface area contributed by atoms with Gasteiger partial charge in [-0.15, -0.1) is 0 Å². The molecule has 2 aliphatic rings. The van der Waals surface area contributed by atoms with Crippen LogP contribution >= 0.6 is 0 Å². The molecule has 1 N–H and O–H groups in total. The van der Waals surface area contributed by atoms with Gasteiger partial charge >= 0.3 is 0 Å². The topological polar surface area (TPSA) is 88.2 Å². The molecule has 1 saturated heterocycles. The molecule has 0 aliphatic carbocycles. The van der Waals surface area contributed by atoms with Crippen molar-refractivity contribution < 1.29 is 22.7 Å². The maximum Gasteiger partial charge on any atom is 0.267 e. The fourth-order valence-electron chi connectivity index (χ4n) is 4.55. The molecular formula is C27H29N3O5S. The van der Waals surface area contributed by atoms with Crippen molar-refractivity contribution >= 4 is 33.0 Å². The summed E-state index contributed by atoms with van der Waals surface area (Å²) in [5.41, 5.74) is 3.05. The number of ether oxygens (including phenoxy) is 2. The van der Waals surface area contributed by atoms with Crippen LogP contribution in [0.5, 0.6) is 11.5 Å². The molecule has 2 aliphatic heterocycles. The Morgan fingerprint density at radius 2 is 1.69 bits per heavy atom. The van der Waals surface area contributed by atoms with Gasteiger partial charge in [-0.1, -0.05) is 6.07 Å². The van der Waals surface area contributed by atoms with Crippen LogP contribution in [0.25, 0.3) is 0 Å². The molecule has 2 heterocycles. The Labute approximate surface area is 211 Å². The van der Waals surface area contributed by atoms with Crippen LogP contribution < -0.4 is 24.0 Å². The summed E-state index contributed by atoms with van der Waals surface area (Å²) in [6.07, 6.45) is 1.36. The lowest BCUT2D eigenvalue weighted by molar-refractivity contribution is -0.122. The molecule has 0 aromatic heterocycles. The van der Waals surface area contributed by atoms with Gasteiger partial charge in [-0.3, -0.25) is 9.10 Å². The molecule has 0 radical (unpaired) electrons. The van der Waals surface area contributed by atoms with E-state index in [0.29, 0.717) is 22.9 Å². The second kappa shape index (κ2) is 9.73. The molecule has 0 saturated carbocycles. The smallest absolute Gasteiger partial charge is 0.267 e. The SMILES string of the molecule is COc1ccc(S(=O)(=O)N2CC(C(=O)Nc3ccc(N4CCCC4)cc3)Oc3ccc(C)cc32)cc1. The standard InChI is InChI=1S/C27H29N3O5S/c1-19-5-14-25-24(17-19)30(36(32,33)23-12-10-22(34-2)11-13-23)18-26(35-25)27(31)28-20-6-8-21(9-7-20)29-15-3-4-16-29/h5-14,17,26H,3-4,15-16,18H2,1-2H3,(H,28,31). The maximum atomic E-state index is 13.6. The highest BCUT2D eigenvalue weighted by Gasteiger charge is 2.37. The van der Waals surface area contributed by atoms with Gasteiger partial charge in [-0.05, 0) is 86.0 Å². The molecule has 188 valence electrons. The minimum atomic E-state index is -3.96. The van der Waals surface area contributed by atoms with Gasteiger partial charge in [0.1, 0.15) is 11.5 Å². The van der Waals surface area contributed by atoms with Crippen LogP contribution in [0.4, 0.5) is 17.1 Å². The number of sulfonamides is 1. The maximum absolute atomic E-state index is 13.6. The van der Waals surface area contributed by atoms with Crippen LogP contribution in [-0.4, -0.2) is 47.2 Å². The first-order valence-corrected chi connectivity index (χ1v) is 13.4. The molecule has 0 bridgehead atoms. The van der Waals surface area contributed by atoms with E-state index in [9.17, 15) is 13.2 Å². The molecule has 3 aromatic rings. The fraction of sp³-hybridized carbons (Fsp3) is 0.296. The highest BCUT2D eigenvalue weighted by Crippen LogP contribution is 2.38. The number of nitrogens with one attached hydrogen (secondary N) is 1. The Kier molecular flexibility index (Phi) is 6.49. The first kappa shape index (κ1) is 24.0. The minimum absolute atomic E-state index is 0.106. The monoisotopic (exact) mass is 507 g/mol. The third-order valence-electron chi connectivity index (χ3n) is 6.53. The van der Waals surface area contributed by atoms with Crippen molar-refractivity contribution in [2.45, 2.75) is 30.8 Å². The van der Waals surface area contributed by atoms with E-state index in [4.69, 9.17) is 9.47 Å². The zero-order valence-electron chi connectivity index (χ0n) is 20.3. The summed E-state index contributed by atoms with van der Waals surface area (Å²) in [5, 5.41) is 2.88. The summed E-state index contributed by atoms with van der Waals surface area (Å²) < 4.78 is 39.7. The number of rotatable bonds is 6. The number of nitrogens with zero attached hydrogens (tertiary/aromatic N) is 2. The van der Waals surface area contributed by atoms with E-state index in [0.717, 1.165) is 24.3 Å². The van der Waals surface area contributed by atoms with Crippen molar-refractivity contribution in [1.29, 1.82) is 0 Å². The van der Waals surface area contributed by atoms with Crippen molar-refractivity contribution in [3.8, 4) is 11.5 Å². The number of methoxy groups -OCH3 is 1. The highest BCUT2D eigenvalue weighted by atomic mass is 32.2. The van der Waals surface area contributed by atoms with E-state index in [2.05, 4.69) is 10.2 Å². The van der Waals surface area contributed by atoms with Gasteiger partial charge in [0, 0.05) is 24.5 Å². The average Bonchev–Trinajstić information content (AvgIpc) is 3.43. The Hall–Kier alpha value is -3.72. The van der Waals surface area contributed by atoms with E-state index in [1.807, 2.05) is 37.3 Å². The van der Waals surface area contributed by atoms with Crippen LogP contribution in [0.2, 0.25) is 0 Å². The molecule has 0 spiro atoms. The molecule has 3 aromatic carbocycles. The molecule has 5 rings (SSSR count). The quantitative estimate of drug-likeness (QED) is 0.538. The summed E-state index contributed by atoms with van der Waals surface area (Å²) in [6, 6.07) is 19.2. The van der Waals surface area contributed by atoms with E-state index in [1.54, 1.807) is 24.3 Å². The average molecular weight is 508 g/mol. The van der Waals surface area contributed by atoms with Gasteiger partial charge < -0.3 is 19.7 Å². The number of benzene rings is 3. The van der Waals surface area contributed by atoms with Crippen molar-refractivity contribution in [1.82, 2.24) is 0 Å². The Morgan fingerprint density at radius 1 is 1.00 bits per heavy atom. The summed E-state index contributed by atoms with van der Waals surface area (Å²) in [7, 11) is -2.44. The van der Waals surface area contributed by atoms with Crippen molar-refractivity contribution in [3.63, 3.8) is 0 Å². The minimum Gasteiger partial charge on any atom is -0.497 e. The normalized spacial score (nSPS) is 17.3. The summed E-state index contributed by atoms with van der Waals surface area (Å²) in [4.78, 5) is 15.6. The number of fused-ring (bicyclic) bond motifs is 1.